The molecule has 0 aliphatic heterocycles. The topological polar surface area (TPSA) is 33.1 Å². The van der Waals surface area contributed by atoms with E-state index >= 15 is 0 Å². The van der Waals surface area contributed by atoms with Crippen LogP contribution in [-0.2, 0) is 0 Å². The van der Waals surface area contributed by atoms with Crippen molar-refractivity contribution < 1.29 is 5.11 Å². The lowest BCUT2D eigenvalue weighted by Crippen LogP contribution is -1.95. The van der Waals surface area contributed by atoms with Crippen LogP contribution in [-0.4, -0.2) is 10.1 Å². The Balaban J connectivity index is 3.09. The SMILES string of the molecule is CC(O)c1ncc(Cl)cc1Cl. The summed E-state index contributed by atoms with van der Waals surface area (Å²) in [5.41, 5.74) is 0.455. The molecule has 1 N–H and O–H groups in total. The van der Waals surface area contributed by atoms with Crippen LogP contribution in [0.15, 0.2) is 12.3 Å². The van der Waals surface area contributed by atoms with Crippen molar-refractivity contribution in [2.75, 3.05) is 0 Å². The molecule has 0 saturated carbocycles. The number of pyridine rings is 1. The highest BCUT2D eigenvalue weighted by Crippen LogP contribution is 2.22. The van der Waals surface area contributed by atoms with Gasteiger partial charge in [0.25, 0.3) is 0 Å². The van der Waals surface area contributed by atoms with Gasteiger partial charge in [0.2, 0.25) is 0 Å². The summed E-state index contributed by atoms with van der Waals surface area (Å²) < 4.78 is 0. The molecule has 11 heavy (non-hydrogen) atoms. The van der Waals surface area contributed by atoms with Gasteiger partial charge < -0.3 is 5.11 Å². The molecule has 0 aromatic carbocycles. The Morgan fingerprint density at radius 3 is 2.64 bits per heavy atom. The van der Waals surface area contributed by atoms with Crippen molar-refractivity contribution in [3.8, 4) is 0 Å². The Morgan fingerprint density at radius 1 is 1.55 bits per heavy atom. The van der Waals surface area contributed by atoms with Gasteiger partial charge in [0.1, 0.15) is 0 Å². The molecule has 0 amide bonds. The normalized spacial score (nSPS) is 13.1. The molecule has 1 aromatic rings. The fourth-order valence-electron chi connectivity index (χ4n) is 0.733. The first-order chi connectivity index (χ1) is 5.11. The van der Waals surface area contributed by atoms with E-state index in [-0.39, 0.29) is 0 Å². The fraction of sp³-hybridized carbons (Fsp3) is 0.286. The zero-order valence-electron chi connectivity index (χ0n) is 5.88. The number of aliphatic hydroxyl groups is 1. The van der Waals surface area contributed by atoms with Crippen molar-refractivity contribution in [2.24, 2.45) is 0 Å². The van der Waals surface area contributed by atoms with E-state index in [0.717, 1.165) is 0 Å². The van der Waals surface area contributed by atoms with Crippen molar-refractivity contribution in [2.45, 2.75) is 13.0 Å². The van der Waals surface area contributed by atoms with Crippen LogP contribution in [0.5, 0.6) is 0 Å². The molecule has 1 rings (SSSR count). The van der Waals surface area contributed by atoms with Crippen LogP contribution in [0.2, 0.25) is 10.0 Å². The van der Waals surface area contributed by atoms with Crippen molar-refractivity contribution in [3.63, 3.8) is 0 Å². The summed E-state index contributed by atoms with van der Waals surface area (Å²) in [6, 6.07) is 1.55. The van der Waals surface area contributed by atoms with Crippen LogP contribution in [0.3, 0.4) is 0 Å². The van der Waals surface area contributed by atoms with E-state index in [1.807, 2.05) is 0 Å². The van der Waals surface area contributed by atoms with Gasteiger partial charge in [-0.05, 0) is 13.0 Å². The lowest BCUT2D eigenvalue weighted by molar-refractivity contribution is 0.194. The molecule has 4 heteroatoms. The zero-order valence-corrected chi connectivity index (χ0v) is 7.39. The van der Waals surface area contributed by atoms with Crippen LogP contribution in [0, 0.1) is 0 Å². The van der Waals surface area contributed by atoms with Crippen LogP contribution in [0.1, 0.15) is 18.7 Å². The van der Waals surface area contributed by atoms with E-state index < -0.39 is 6.10 Å². The number of halogens is 2. The molecule has 0 saturated heterocycles. The molecule has 0 aliphatic carbocycles. The average Bonchev–Trinajstić information content (AvgIpc) is 1.85. The summed E-state index contributed by atoms with van der Waals surface area (Å²) in [5, 5.41) is 9.97. The third kappa shape index (κ3) is 2.06. The maximum atomic E-state index is 9.11. The highest BCUT2D eigenvalue weighted by molar-refractivity contribution is 6.34. The maximum absolute atomic E-state index is 9.11. The first-order valence-electron chi connectivity index (χ1n) is 3.10. The Hall–Kier alpha value is -0.310. The molecule has 2 nitrogen and oxygen atoms in total. The minimum absolute atomic E-state index is 0.396. The van der Waals surface area contributed by atoms with Gasteiger partial charge in [0.15, 0.2) is 0 Å². The van der Waals surface area contributed by atoms with E-state index in [4.69, 9.17) is 28.3 Å². The van der Waals surface area contributed by atoms with Gasteiger partial charge in [0, 0.05) is 6.20 Å². The van der Waals surface area contributed by atoms with Crippen molar-refractivity contribution in [1.82, 2.24) is 4.98 Å². The third-order valence-corrected chi connectivity index (χ3v) is 1.74. The number of aromatic nitrogens is 1. The first kappa shape index (κ1) is 8.78. The smallest absolute Gasteiger partial charge is 0.0946 e. The molecule has 0 aliphatic rings. The quantitative estimate of drug-likeness (QED) is 0.741. The summed E-state index contributed by atoms with van der Waals surface area (Å²) in [7, 11) is 0. The highest BCUT2D eigenvalue weighted by atomic mass is 35.5. The van der Waals surface area contributed by atoms with E-state index in [1.54, 1.807) is 13.0 Å². The van der Waals surface area contributed by atoms with Crippen LogP contribution in [0.25, 0.3) is 0 Å². The van der Waals surface area contributed by atoms with Crippen molar-refractivity contribution in [1.29, 1.82) is 0 Å². The number of hydrogen-bond acceptors (Lipinski definition) is 2. The summed E-state index contributed by atoms with van der Waals surface area (Å²) in [5.74, 6) is 0. The predicted molar refractivity (Wildman–Crippen MR) is 44.9 cm³/mol. The number of rotatable bonds is 1. The van der Waals surface area contributed by atoms with Crippen LogP contribution in [0.4, 0.5) is 0 Å². The predicted octanol–water partition coefficient (Wildman–Crippen LogP) is 2.44. The molecule has 0 fully saturated rings. The monoisotopic (exact) mass is 191 g/mol. The Labute approximate surface area is 74.8 Å². The number of nitrogens with zero attached hydrogens (tertiary/aromatic N) is 1. The van der Waals surface area contributed by atoms with Gasteiger partial charge in [0.05, 0.1) is 21.8 Å². The Bertz CT molecular complexity index is 263. The van der Waals surface area contributed by atoms with E-state index in [2.05, 4.69) is 4.98 Å². The zero-order chi connectivity index (χ0) is 8.43. The molecular formula is C7H7Cl2NO. The molecule has 1 heterocycles. The lowest BCUT2D eigenvalue weighted by atomic mass is 10.2. The van der Waals surface area contributed by atoms with Crippen molar-refractivity contribution >= 4 is 23.2 Å². The van der Waals surface area contributed by atoms with E-state index in [9.17, 15) is 0 Å². The Kier molecular flexibility index (Phi) is 2.71. The maximum Gasteiger partial charge on any atom is 0.0946 e. The summed E-state index contributed by atoms with van der Waals surface area (Å²) in [4.78, 5) is 3.86. The second-order valence-corrected chi connectivity index (χ2v) is 3.04. The third-order valence-electron chi connectivity index (χ3n) is 1.23. The van der Waals surface area contributed by atoms with Gasteiger partial charge >= 0.3 is 0 Å². The van der Waals surface area contributed by atoms with Gasteiger partial charge in [-0.2, -0.15) is 0 Å². The average molecular weight is 192 g/mol. The van der Waals surface area contributed by atoms with Gasteiger partial charge in [-0.25, -0.2) is 0 Å². The van der Waals surface area contributed by atoms with Gasteiger partial charge in [-0.3, -0.25) is 4.98 Å². The summed E-state index contributed by atoms with van der Waals surface area (Å²) in [6.45, 7) is 1.60. The Morgan fingerprint density at radius 2 is 2.18 bits per heavy atom. The molecule has 0 spiro atoms. The van der Waals surface area contributed by atoms with E-state index in [1.165, 1.54) is 6.20 Å². The van der Waals surface area contributed by atoms with Gasteiger partial charge in [-0.1, -0.05) is 23.2 Å². The van der Waals surface area contributed by atoms with Crippen LogP contribution < -0.4 is 0 Å². The molecule has 1 unspecified atom stereocenters. The highest BCUT2D eigenvalue weighted by Gasteiger charge is 2.07. The first-order valence-corrected chi connectivity index (χ1v) is 3.86. The number of aliphatic hydroxyl groups excluding tert-OH is 1. The van der Waals surface area contributed by atoms with E-state index in [0.29, 0.717) is 15.7 Å². The second-order valence-electron chi connectivity index (χ2n) is 2.20. The van der Waals surface area contributed by atoms with Crippen molar-refractivity contribution in [3.05, 3.63) is 28.0 Å². The minimum Gasteiger partial charge on any atom is -0.387 e. The lowest BCUT2D eigenvalue weighted by Gasteiger charge is -2.04. The molecule has 1 aromatic heterocycles. The van der Waals surface area contributed by atoms with Crippen LogP contribution >= 0.6 is 23.2 Å². The number of hydrogen-bond donors (Lipinski definition) is 1. The van der Waals surface area contributed by atoms with Gasteiger partial charge in [-0.15, -0.1) is 0 Å². The fourth-order valence-corrected chi connectivity index (χ4v) is 1.27. The second kappa shape index (κ2) is 3.39. The molecule has 60 valence electrons. The summed E-state index contributed by atoms with van der Waals surface area (Å²) in [6.07, 6.45) is 0.801. The largest absolute Gasteiger partial charge is 0.387 e. The molecule has 0 bridgehead atoms. The molecule has 0 radical (unpaired) electrons. The minimum atomic E-state index is -0.653. The molecular weight excluding hydrogens is 185 g/mol. The standard InChI is InChI=1S/C7H7Cl2NO/c1-4(11)7-6(9)2-5(8)3-10-7/h2-4,11H,1H3. The molecule has 1 atom stereocenters. The summed E-state index contributed by atoms with van der Waals surface area (Å²) >= 11 is 11.3.